The molecule has 0 saturated heterocycles. The van der Waals surface area contributed by atoms with Gasteiger partial charge in [0.05, 0.1) is 0 Å². The van der Waals surface area contributed by atoms with Gasteiger partial charge in [0.2, 0.25) is 0 Å². The predicted molar refractivity (Wildman–Crippen MR) is 68.6 cm³/mol. The van der Waals surface area contributed by atoms with Gasteiger partial charge in [-0.05, 0) is 56.8 Å². The number of unbranched alkanes of at least 4 members (excludes halogenated alkanes) is 5. The number of nitrogens with two attached hydrogens (primary N) is 1. The van der Waals surface area contributed by atoms with Crippen molar-refractivity contribution in [3.05, 3.63) is 12.2 Å². The van der Waals surface area contributed by atoms with Crippen LogP contribution >= 0.6 is 11.8 Å². The van der Waals surface area contributed by atoms with Crippen molar-refractivity contribution in [1.82, 2.24) is 0 Å². The van der Waals surface area contributed by atoms with Gasteiger partial charge in [0.1, 0.15) is 5.40 Å². The van der Waals surface area contributed by atoms with Gasteiger partial charge in [-0.1, -0.05) is 18.6 Å². The van der Waals surface area contributed by atoms with Gasteiger partial charge >= 0.3 is 0 Å². The highest BCUT2D eigenvalue weighted by atomic mass is 32.2. The van der Waals surface area contributed by atoms with E-state index in [1.54, 1.807) is 0 Å². The van der Waals surface area contributed by atoms with E-state index in [1.807, 2.05) is 0 Å². The normalized spacial score (nSPS) is 10.7. The molecular weight excluding hydrogens is 204 g/mol. The van der Waals surface area contributed by atoms with E-state index in [4.69, 9.17) is 11.0 Å². The lowest BCUT2D eigenvalue weighted by atomic mass is 10.1. The monoisotopic (exact) mass is 226 g/mol. The van der Waals surface area contributed by atoms with Crippen molar-refractivity contribution in [3.8, 4) is 5.40 Å². The third-order valence-electron chi connectivity index (χ3n) is 2.17. The fourth-order valence-electron chi connectivity index (χ4n) is 1.30. The molecule has 0 radical (unpaired) electrons. The van der Waals surface area contributed by atoms with Crippen molar-refractivity contribution < 1.29 is 0 Å². The first-order valence-corrected chi connectivity index (χ1v) is 6.76. The Morgan fingerprint density at radius 1 is 1.00 bits per heavy atom. The summed E-state index contributed by atoms with van der Waals surface area (Å²) in [7, 11) is 0. The molecule has 2 N–H and O–H groups in total. The third kappa shape index (κ3) is 13.5. The van der Waals surface area contributed by atoms with Crippen LogP contribution < -0.4 is 5.73 Å². The minimum atomic E-state index is 0.810. The molecule has 0 unspecified atom stereocenters. The largest absolute Gasteiger partial charge is 0.330 e. The Labute approximate surface area is 97.9 Å². The minimum Gasteiger partial charge on any atom is -0.330 e. The van der Waals surface area contributed by atoms with E-state index in [1.165, 1.54) is 50.3 Å². The molecular formula is C12H22N2S. The van der Waals surface area contributed by atoms with E-state index in [9.17, 15) is 0 Å². The van der Waals surface area contributed by atoms with Gasteiger partial charge in [-0.25, -0.2) is 0 Å². The quantitative estimate of drug-likeness (QED) is 0.352. The second-order valence-corrected chi connectivity index (χ2v) is 4.42. The van der Waals surface area contributed by atoms with Crippen LogP contribution in [0.15, 0.2) is 12.2 Å². The van der Waals surface area contributed by atoms with Crippen molar-refractivity contribution >= 4 is 11.8 Å². The standard InChI is InChI=1S/C12H22N2S/c13-10-8-6-4-2-1-3-5-7-9-11-15-12-14/h1-2H,3-11,13H2/b2-1-. The van der Waals surface area contributed by atoms with E-state index in [0.717, 1.165) is 18.7 Å². The average Bonchev–Trinajstić information content (AvgIpc) is 2.26. The second-order valence-electron chi connectivity index (χ2n) is 3.54. The SMILES string of the molecule is N#CSCCCCC/C=C\CCCCN. The molecule has 0 aromatic heterocycles. The summed E-state index contributed by atoms with van der Waals surface area (Å²) in [4.78, 5) is 0. The second kappa shape index (κ2) is 13.5. The van der Waals surface area contributed by atoms with Crippen LogP contribution in [-0.4, -0.2) is 12.3 Å². The topological polar surface area (TPSA) is 49.8 Å². The lowest BCUT2D eigenvalue weighted by molar-refractivity contribution is 0.728. The zero-order valence-corrected chi connectivity index (χ0v) is 10.3. The van der Waals surface area contributed by atoms with Gasteiger partial charge in [-0.15, -0.1) is 0 Å². The first-order chi connectivity index (χ1) is 7.41. The number of thiocyanates is 1. The maximum absolute atomic E-state index is 8.30. The molecule has 86 valence electrons. The lowest BCUT2D eigenvalue weighted by Gasteiger charge is -1.95. The number of nitrogens with zero attached hydrogens (tertiary/aromatic N) is 1. The van der Waals surface area contributed by atoms with E-state index in [2.05, 4.69) is 17.6 Å². The number of thioether (sulfide) groups is 1. The Hall–Kier alpha value is -0.460. The fourth-order valence-corrected chi connectivity index (χ4v) is 1.74. The van der Waals surface area contributed by atoms with E-state index >= 15 is 0 Å². The van der Waals surface area contributed by atoms with Crippen LogP contribution in [0, 0.1) is 10.7 Å². The summed E-state index contributed by atoms with van der Waals surface area (Å²) in [6.45, 7) is 0.810. The summed E-state index contributed by atoms with van der Waals surface area (Å²) in [6.07, 6.45) is 12.9. The summed E-state index contributed by atoms with van der Waals surface area (Å²) in [6, 6.07) is 0. The third-order valence-corrected chi connectivity index (χ3v) is 2.80. The van der Waals surface area contributed by atoms with Crippen LogP contribution in [0.5, 0.6) is 0 Å². The molecule has 15 heavy (non-hydrogen) atoms. The van der Waals surface area contributed by atoms with Crippen molar-refractivity contribution in [2.24, 2.45) is 5.73 Å². The van der Waals surface area contributed by atoms with Crippen LogP contribution in [0.2, 0.25) is 0 Å². The molecule has 0 spiro atoms. The molecule has 0 aliphatic rings. The number of rotatable bonds is 10. The minimum absolute atomic E-state index is 0.810. The molecule has 0 saturated carbocycles. The first-order valence-electron chi connectivity index (χ1n) is 5.77. The van der Waals surface area contributed by atoms with E-state index < -0.39 is 0 Å². The molecule has 0 rings (SSSR count). The van der Waals surface area contributed by atoms with Crippen LogP contribution in [0.4, 0.5) is 0 Å². The first kappa shape index (κ1) is 14.5. The maximum atomic E-state index is 8.30. The van der Waals surface area contributed by atoms with Crippen molar-refractivity contribution in [2.75, 3.05) is 12.3 Å². The smallest absolute Gasteiger partial charge is 0.133 e. The van der Waals surface area contributed by atoms with Crippen LogP contribution in [0.1, 0.15) is 44.9 Å². The maximum Gasteiger partial charge on any atom is 0.133 e. The number of hydrogen-bond acceptors (Lipinski definition) is 3. The highest BCUT2D eigenvalue weighted by Crippen LogP contribution is 2.06. The molecule has 0 aromatic carbocycles. The lowest BCUT2D eigenvalue weighted by Crippen LogP contribution is -1.96. The predicted octanol–water partition coefficient (Wildman–Crippen LogP) is 3.45. The number of hydrogen-bond donors (Lipinski definition) is 1. The molecule has 0 heterocycles. The molecule has 0 bridgehead atoms. The van der Waals surface area contributed by atoms with Crippen LogP contribution in [-0.2, 0) is 0 Å². The summed E-state index contributed by atoms with van der Waals surface area (Å²) in [5.41, 5.74) is 5.40. The summed E-state index contributed by atoms with van der Waals surface area (Å²) >= 11 is 1.36. The Morgan fingerprint density at radius 2 is 1.67 bits per heavy atom. The summed E-state index contributed by atoms with van der Waals surface area (Å²) in [5, 5.41) is 10.4. The molecule has 0 fully saturated rings. The van der Waals surface area contributed by atoms with Gasteiger partial charge in [0, 0.05) is 5.75 Å². The van der Waals surface area contributed by atoms with Gasteiger partial charge in [0.15, 0.2) is 0 Å². The van der Waals surface area contributed by atoms with Crippen molar-refractivity contribution in [2.45, 2.75) is 44.9 Å². The highest BCUT2D eigenvalue weighted by Gasteiger charge is 1.88. The van der Waals surface area contributed by atoms with Crippen molar-refractivity contribution in [1.29, 1.82) is 5.26 Å². The Balaban J connectivity index is 3.00. The van der Waals surface area contributed by atoms with E-state index in [0.29, 0.717) is 0 Å². The number of nitriles is 1. The van der Waals surface area contributed by atoms with Crippen molar-refractivity contribution in [3.63, 3.8) is 0 Å². The molecule has 0 aliphatic heterocycles. The highest BCUT2D eigenvalue weighted by molar-refractivity contribution is 8.03. The Kier molecular flexibility index (Phi) is 13.1. The van der Waals surface area contributed by atoms with Gasteiger partial charge < -0.3 is 5.73 Å². The molecule has 2 nitrogen and oxygen atoms in total. The number of allylic oxidation sites excluding steroid dienone is 2. The van der Waals surface area contributed by atoms with Crippen LogP contribution in [0.25, 0.3) is 0 Å². The molecule has 0 amide bonds. The summed E-state index contributed by atoms with van der Waals surface area (Å²) < 4.78 is 0. The Bertz CT molecular complexity index is 185. The zero-order valence-electron chi connectivity index (χ0n) is 9.45. The molecule has 0 aliphatic carbocycles. The van der Waals surface area contributed by atoms with Gasteiger partial charge in [0.25, 0.3) is 0 Å². The Morgan fingerprint density at radius 3 is 2.27 bits per heavy atom. The van der Waals surface area contributed by atoms with E-state index in [-0.39, 0.29) is 0 Å². The molecule has 0 aromatic rings. The zero-order chi connectivity index (χ0) is 11.2. The summed E-state index contributed by atoms with van der Waals surface area (Å²) in [5.74, 6) is 0.983. The fraction of sp³-hybridized carbons (Fsp3) is 0.750. The van der Waals surface area contributed by atoms with Gasteiger partial charge in [-0.3, -0.25) is 0 Å². The van der Waals surface area contributed by atoms with Gasteiger partial charge in [-0.2, -0.15) is 5.26 Å². The average molecular weight is 226 g/mol. The van der Waals surface area contributed by atoms with Crippen LogP contribution in [0.3, 0.4) is 0 Å². The molecule has 0 atom stereocenters. The molecule has 3 heteroatoms.